The van der Waals surface area contributed by atoms with Gasteiger partial charge in [-0.25, -0.2) is 0 Å². The highest BCUT2D eigenvalue weighted by Gasteiger charge is 2.25. The summed E-state index contributed by atoms with van der Waals surface area (Å²) in [5.41, 5.74) is 3.78. The third kappa shape index (κ3) is 1.93. The summed E-state index contributed by atoms with van der Waals surface area (Å²) < 4.78 is 13.2. The highest BCUT2D eigenvalue weighted by atomic mass is 16.5. The Morgan fingerprint density at radius 3 is 2.41 bits per heavy atom. The predicted octanol–water partition coefficient (Wildman–Crippen LogP) is 3.37. The standard InChI is InChI=1S/C19H18NO2/c1-21-18-10-14-7-8-20-12-15-6-4-3-5-13(15)9-17(20)16(14)11-19(18)22-2/h3-6,9-12H,7-8H2,1-2H3/q+1. The molecule has 0 atom stereocenters. The fourth-order valence-corrected chi connectivity index (χ4v) is 3.25. The molecule has 0 aliphatic carbocycles. The van der Waals surface area contributed by atoms with E-state index in [1.54, 1.807) is 14.2 Å². The van der Waals surface area contributed by atoms with Crippen molar-refractivity contribution in [1.82, 2.24) is 0 Å². The van der Waals surface area contributed by atoms with Crippen LogP contribution in [0.4, 0.5) is 0 Å². The molecular formula is C19H18NO2+. The van der Waals surface area contributed by atoms with Crippen molar-refractivity contribution in [1.29, 1.82) is 0 Å². The molecule has 110 valence electrons. The van der Waals surface area contributed by atoms with Gasteiger partial charge < -0.3 is 9.47 Å². The number of rotatable bonds is 2. The van der Waals surface area contributed by atoms with Gasteiger partial charge in [-0.2, -0.15) is 4.57 Å². The van der Waals surface area contributed by atoms with E-state index >= 15 is 0 Å². The summed E-state index contributed by atoms with van der Waals surface area (Å²) in [6.45, 7) is 0.989. The predicted molar refractivity (Wildman–Crippen MR) is 86.4 cm³/mol. The highest BCUT2D eigenvalue weighted by Crippen LogP contribution is 2.37. The third-order valence-electron chi connectivity index (χ3n) is 4.40. The van der Waals surface area contributed by atoms with E-state index in [-0.39, 0.29) is 0 Å². The molecule has 3 nitrogen and oxygen atoms in total. The minimum Gasteiger partial charge on any atom is -0.493 e. The Balaban J connectivity index is 1.97. The topological polar surface area (TPSA) is 22.3 Å². The fraction of sp³-hybridized carbons (Fsp3) is 0.211. The molecule has 1 aromatic heterocycles. The summed E-state index contributed by atoms with van der Waals surface area (Å²) in [6.07, 6.45) is 3.25. The maximum absolute atomic E-state index is 5.47. The Morgan fingerprint density at radius 2 is 1.64 bits per heavy atom. The van der Waals surface area contributed by atoms with E-state index in [4.69, 9.17) is 9.47 Å². The van der Waals surface area contributed by atoms with Crippen LogP contribution in [-0.4, -0.2) is 14.2 Å². The van der Waals surface area contributed by atoms with Crippen LogP contribution in [0, 0.1) is 0 Å². The summed E-state index contributed by atoms with van der Waals surface area (Å²) >= 11 is 0. The van der Waals surface area contributed by atoms with E-state index in [0.29, 0.717) is 0 Å². The molecule has 0 unspecified atom stereocenters. The van der Waals surface area contributed by atoms with Gasteiger partial charge in [-0.15, -0.1) is 0 Å². The lowest BCUT2D eigenvalue weighted by molar-refractivity contribution is -0.686. The maximum atomic E-state index is 5.47. The molecule has 0 saturated carbocycles. The zero-order valence-corrected chi connectivity index (χ0v) is 12.8. The molecule has 22 heavy (non-hydrogen) atoms. The fourth-order valence-electron chi connectivity index (χ4n) is 3.25. The number of nitrogens with zero attached hydrogens (tertiary/aromatic N) is 1. The third-order valence-corrected chi connectivity index (χ3v) is 4.40. The molecule has 0 bridgehead atoms. The van der Waals surface area contributed by atoms with Crippen molar-refractivity contribution in [3.8, 4) is 22.8 Å². The van der Waals surface area contributed by atoms with Gasteiger partial charge in [0.15, 0.2) is 24.2 Å². The first-order valence-corrected chi connectivity index (χ1v) is 7.47. The second-order valence-electron chi connectivity index (χ2n) is 5.60. The molecular weight excluding hydrogens is 274 g/mol. The summed E-state index contributed by atoms with van der Waals surface area (Å²) in [5, 5.41) is 2.53. The van der Waals surface area contributed by atoms with E-state index < -0.39 is 0 Å². The molecule has 3 heteroatoms. The molecule has 3 aromatic rings. The van der Waals surface area contributed by atoms with Crippen LogP contribution < -0.4 is 14.0 Å². The van der Waals surface area contributed by atoms with Gasteiger partial charge in [-0.05, 0) is 29.1 Å². The van der Waals surface area contributed by atoms with Crippen LogP contribution in [0.5, 0.6) is 11.5 Å². The first-order valence-electron chi connectivity index (χ1n) is 7.47. The van der Waals surface area contributed by atoms with Gasteiger partial charge in [0, 0.05) is 17.9 Å². The van der Waals surface area contributed by atoms with Crippen LogP contribution in [0.3, 0.4) is 0 Å². The largest absolute Gasteiger partial charge is 0.493 e. The second-order valence-corrected chi connectivity index (χ2v) is 5.60. The highest BCUT2D eigenvalue weighted by molar-refractivity contribution is 5.84. The number of aromatic nitrogens is 1. The van der Waals surface area contributed by atoms with Gasteiger partial charge in [0.1, 0.15) is 0 Å². The lowest BCUT2D eigenvalue weighted by Crippen LogP contribution is -2.40. The number of methoxy groups -OCH3 is 2. The molecule has 0 fully saturated rings. The Bertz CT molecular complexity index is 871. The van der Waals surface area contributed by atoms with Gasteiger partial charge >= 0.3 is 0 Å². The molecule has 0 spiro atoms. The average molecular weight is 292 g/mol. The minimum absolute atomic E-state index is 0.780. The molecule has 1 aliphatic rings. The van der Waals surface area contributed by atoms with E-state index in [1.807, 2.05) is 0 Å². The second kappa shape index (κ2) is 5.02. The van der Waals surface area contributed by atoms with Crippen molar-refractivity contribution in [2.24, 2.45) is 0 Å². The summed E-state index contributed by atoms with van der Waals surface area (Å²) in [7, 11) is 3.37. The zero-order valence-electron chi connectivity index (χ0n) is 12.8. The van der Waals surface area contributed by atoms with E-state index in [9.17, 15) is 0 Å². The number of pyridine rings is 1. The van der Waals surface area contributed by atoms with Crippen LogP contribution in [0.15, 0.2) is 48.7 Å². The van der Waals surface area contributed by atoms with Crippen molar-refractivity contribution >= 4 is 10.8 Å². The molecule has 0 N–H and O–H groups in total. The normalized spacial score (nSPS) is 12.6. The van der Waals surface area contributed by atoms with Gasteiger partial charge in [0.05, 0.1) is 19.8 Å². The van der Waals surface area contributed by atoms with Crippen LogP contribution in [0.25, 0.3) is 22.0 Å². The zero-order chi connectivity index (χ0) is 15.1. The molecule has 0 radical (unpaired) electrons. The van der Waals surface area contributed by atoms with Gasteiger partial charge in [0.25, 0.3) is 0 Å². The van der Waals surface area contributed by atoms with Crippen molar-refractivity contribution in [2.45, 2.75) is 13.0 Å². The minimum atomic E-state index is 0.780. The average Bonchev–Trinajstić information content (AvgIpc) is 2.58. The Kier molecular flexibility index (Phi) is 3.00. The Morgan fingerprint density at radius 1 is 0.909 bits per heavy atom. The molecule has 2 aromatic carbocycles. The molecule has 4 rings (SSSR count). The monoisotopic (exact) mass is 292 g/mol. The van der Waals surface area contributed by atoms with Crippen LogP contribution in [0.1, 0.15) is 5.56 Å². The van der Waals surface area contributed by atoms with Crippen molar-refractivity contribution < 1.29 is 14.0 Å². The lowest BCUT2D eigenvalue weighted by Gasteiger charge is -2.18. The Labute approximate surface area is 129 Å². The number of hydrogen-bond donors (Lipinski definition) is 0. The maximum Gasteiger partial charge on any atom is 0.213 e. The van der Waals surface area contributed by atoms with Crippen LogP contribution in [-0.2, 0) is 13.0 Å². The van der Waals surface area contributed by atoms with E-state index in [2.05, 4.69) is 53.2 Å². The first kappa shape index (κ1) is 13.1. The number of benzene rings is 2. The van der Waals surface area contributed by atoms with Crippen molar-refractivity contribution in [3.05, 3.63) is 54.2 Å². The Hall–Kier alpha value is -2.55. The summed E-state index contributed by atoms with van der Waals surface area (Å²) in [5.74, 6) is 1.58. The van der Waals surface area contributed by atoms with Crippen LogP contribution >= 0.6 is 0 Å². The SMILES string of the molecule is COc1cc2c(cc1OC)-c1cc3ccccc3c[n+]1CC2. The number of ether oxygens (including phenoxy) is 2. The van der Waals surface area contributed by atoms with Crippen molar-refractivity contribution in [3.63, 3.8) is 0 Å². The number of aryl methyl sites for hydroxylation is 2. The molecule has 2 heterocycles. The lowest BCUT2D eigenvalue weighted by atomic mass is 9.95. The molecule has 0 amide bonds. The summed E-state index contributed by atoms with van der Waals surface area (Å²) in [4.78, 5) is 0. The van der Waals surface area contributed by atoms with Gasteiger partial charge in [-0.3, -0.25) is 0 Å². The van der Waals surface area contributed by atoms with Crippen molar-refractivity contribution in [2.75, 3.05) is 14.2 Å². The van der Waals surface area contributed by atoms with E-state index in [0.717, 1.165) is 24.5 Å². The number of fused-ring (bicyclic) bond motifs is 4. The summed E-state index contributed by atoms with van der Waals surface area (Å²) in [6, 6.07) is 14.9. The first-order chi connectivity index (χ1) is 10.8. The quantitative estimate of drug-likeness (QED) is 0.676. The smallest absolute Gasteiger partial charge is 0.213 e. The van der Waals surface area contributed by atoms with E-state index in [1.165, 1.54) is 27.6 Å². The molecule has 0 saturated heterocycles. The van der Waals surface area contributed by atoms with Crippen LogP contribution in [0.2, 0.25) is 0 Å². The van der Waals surface area contributed by atoms with Gasteiger partial charge in [0.2, 0.25) is 5.69 Å². The molecule has 1 aliphatic heterocycles. The number of hydrogen-bond acceptors (Lipinski definition) is 2. The van der Waals surface area contributed by atoms with Gasteiger partial charge in [-0.1, -0.05) is 18.2 Å².